The van der Waals surface area contributed by atoms with Gasteiger partial charge in [0.25, 0.3) is 0 Å². The van der Waals surface area contributed by atoms with Crippen LogP contribution in [0.2, 0.25) is 0 Å². The molecule has 3 nitrogen and oxygen atoms in total. The molecule has 0 bridgehead atoms. The van der Waals surface area contributed by atoms with Crippen molar-refractivity contribution in [3.8, 4) is 0 Å². The van der Waals surface area contributed by atoms with Gasteiger partial charge in [-0.3, -0.25) is 4.79 Å². The van der Waals surface area contributed by atoms with Gasteiger partial charge >= 0.3 is 0 Å². The van der Waals surface area contributed by atoms with E-state index in [1.54, 1.807) is 4.90 Å². The van der Waals surface area contributed by atoms with Crippen LogP contribution in [0.5, 0.6) is 0 Å². The van der Waals surface area contributed by atoms with Crippen molar-refractivity contribution in [1.82, 2.24) is 5.32 Å². The first kappa shape index (κ1) is 13.1. The molecule has 0 saturated carbocycles. The van der Waals surface area contributed by atoms with Crippen LogP contribution < -0.4 is 10.2 Å². The van der Waals surface area contributed by atoms with Crippen LogP contribution in [0.15, 0.2) is 24.3 Å². The first-order valence-corrected chi connectivity index (χ1v) is 6.69. The quantitative estimate of drug-likeness (QED) is 0.888. The van der Waals surface area contributed by atoms with Crippen LogP contribution in [0.1, 0.15) is 32.3 Å². The molecule has 3 heteroatoms. The molecule has 1 aromatic carbocycles. The van der Waals surface area contributed by atoms with Gasteiger partial charge in [-0.15, -0.1) is 0 Å². The zero-order valence-electron chi connectivity index (χ0n) is 11.5. The van der Waals surface area contributed by atoms with E-state index < -0.39 is 5.54 Å². The molecule has 0 aromatic heterocycles. The molecule has 1 saturated heterocycles. The van der Waals surface area contributed by atoms with Crippen LogP contribution in [-0.4, -0.2) is 25.0 Å². The van der Waals surface area contributed by atoms with Gasteiger partial charge in [-0.25, -0.2) is 0 Å². The van der Waals surface area contributed by atoms with E-state index in [1.165, 1.54) is 5.56 Å². The van der Waals surface area contributed by atoms with Crippen molar-refractivity contribution in [2.45, 2.75) is 38.6 Å². The number of likely N-dealkylation sites (N-methyl/N-ethyl adjacent to an activating group) is 1. The van der Waals surface area contributed by atoms with E-state index in [2.05, 4.69) is 24.4 Å². The van der Waals surface area contributed by atoms with Crippen LogP contribution in [0.4, 0.5) is 5.69 Å². The summed E-state index contributed by atoms with van der Waals surface area (Å²) in [4.78, 5) is 14.2. The fourth-order valence-corrected chi connectivity index (χ4v) is 2.52. The third kappa shape index (κ3) is 2.41. The summed E-state index contributed by atoms with van der Waals surface area (Å²) < 4.78 is 0. The third-order valence-corrected chi connectivity index (χ3v) is 3.88. The second kappa shape index (κ2) is 5.11. The summed E-state index contributed by atoms with van der Waals surface area (Å²) in [7, 11) is 1.86. The highest BCUT2D eigenvalue weighted by molar-refractivity contribution is 5.99. The Hall–Kier alpha value is -1.35. The van der Waals surface area contributed by atoms with Crippen molar-refractivity contribution < 1.29 is 4.79 Å². The molecule has 1 heterocycles. The highest BCUT2D eigenvalue weighted by Crippen LogP contribution is 2.24. The number of amides is 1. The minimum atomic E-state index is -0.391. The van der Waals surface area contributed by atoms with Crippen molar-refractivity contribution in [3.63, 3.8) is 0 Å². The van der Waals surface area contributed by atoms with Crippen molar-refractivity contribution >= 4 is 11.6 Å². The summed E-state index contributed by atoms with van der Waals surface area (Å²) in [6.45, 7) is 5.07. The minimum absolute atomic E-state index is 0.157. The molecule has 1 atom stereocenters. The van der Waals surface area contributed by atoms with Gasteiger partial charge in [-0.1, -0.05) is 19.1 Å². The lowest BCUT2D eigenvalue weighted by atomic mass is 9.98. The number of rotatable bonds is 3. The summed E-state index contributed by atoms with van der Waals surface area (Å²) in [6, 6.07) is 8.22. The summed E-state index contributed by atoms with van der Waals surface area (Å²) in [5, 5.41) is 3.31. The Morgan fingerprint density at radius 1 is 1.39 bits per heavy atom. The average Bonchev–Trinajstić information content (AvgIpc) is 2.85. The number of benzene rings is 1. The lowest BCUT2D eigenvalue weighted by Gasteiger charge is -2.29. The maximum absolute atomic E-state index is 12.5. The summed E-state index contributed by atoms with van der Waals surface area (Å²) >= 11 is 0. The molecule has 1 aromatic rings. The molecule has 0 spiro atoms. The number of anilines is 1. The highest BCUT2D eigenvalue weighted by Gasteiger charge is 2.38. The minimum Gasteiger partial charge on any atom is -0.314 e. The van der Waals surface area contributed by atoms with E-state index in [4.69, 9.17) is 0 Å². The van der Waals surface area contributed by atoms with E-state index in [0.717, 1.165) is 31.5 Å². The largest absolute Gasteiger partial charge is 0.314 e. The van der Waals surface area contributed by atoms with Gasteiger partial charge in [0, 0.05) is 12.7 Å². The topological polar surface area (TPSA) is 32.3 Å². The second-order valence-electron chi connectivity index (χ2n) is 5.25. The molecule has 1 N–H and O–H groups in total. The Morgan fingerprint density at radius 2 is 2.06 bits per heavy atom. The number of nitrogens with zero attached hydrogens (tertiary/aromatic N) is 1. The maximum atomic E-state index is 12.5. The monoisotopic (exact) mass is 246 g/mol. The van der Waals surface area contributed by atoms with Crippen molar-refractivity contribution in [3.05, 3.63) is 29.8 Å². The van der Waals surface area contributed by atoms with Crippen LogP contribution >= 0.6 is 0 Å². The Balaban J connectivity index is 2.14. The predicted molar refractivity (Wildman–Crippen MR) is 74.9 cm³/mol. The zero-order chi connectivity index (χ0) is 13.2. The van der Waals surface area contributed by atoms with Crippen molar-refractivity contribution in [1.29, 1.82) is 0 Å². The maximum Gasteiger partial charge on any atom is 0.246 e. The highest BCUT2D eigenvalue weighted by atomic mass is 16.2. The van der Waals surface area contributed by atoms with Crippen LogP contribution in [0.3, 0.4) is 0 Å². The van der Waals surface area contributed by atoms with Gasteiger partial charge in [0.2, 0.25) is 5.91 Å². The number of hydrogen-bond acceptors (Lipinski definition) is 2. The normalized spacial score (nSPS) is 23.1. The van der Waals surface area contributed by atoms with Crippen molar-refractivity contribution in [2.24, 2.45) is 0 Å². The summed E-state index contributed by atoms with van der Waals surface area (Å²) in [5.41, 5.74) is 1.87. The van der Waals surface area contributed by atoms with Gasteiger partial charge in [0.15, 0.2) is 0 Å². The van der Waals surface area contributed by atoms with Gasteiger partial charge in [0.1, 0.15) is 0 Å². The molecule has 1 fully saturated rings. The molecular weight excluding hydrogens is 224 g/mol. The molecule has 2 rings (SSSR count). The van der Waals surface area contributed by atoms with Gasteiger partial charge in [0.05, 0.1) is 5.54 Å². The van der Waals surface area contributed by atoms with E-state index in [0.29, 0.717) is 0 Å². The van der Waals surface area contributed by atoms with Gasteiger partial charge < -0.3 is 10.2 Å². The second-order valence-corrected chi connectivity index (χ2v) is 5.25. The number of carbonyl (C=O) groups excluding carboxylic acids is 1. The van der Waals surface area contributed by atoms with E-state index in [9.17, 15) is 4.79 Å². The lowest BCUT2D eigenvalue weighted by molar-refractivity contribution is -0.123. The Labute approximate surface area is 109 Å². The molecular formula is C15H22N2O. The lowest BCUT2D eigenvalue weighted by Crippen LogP contribution is -2.51. The van der Waals surface area contributed by atoms with Gasteiger partial charge in [-0.2, -0.15) is 0 Å². The first-order chi connectivity index (χ1) is 8.57. The summed E-state index contributed by atoms with van der Waals surface area (Å²) in [5.74, 6) is 0.157. The molecule has 98 valence electrons. The molecule has 1 aliphatic rings. The van der Waals surface area contributed by atoms with Crippen LogP contribution in [0, 0.1) is 0 Å². The Kier molecular flexibility index (Phi) is 3.71. The summed E-state index contributed by atoms with van der Waals surface area (Å²) in [6.07, 6.45) is 3.02. The van der Waals surface area contributed by atoms with E-state index in [-0.39, 0.29) is 5.91 Å². The predicted octanol–water partition coefficient (Wildman–Crippen LogP) is 2.35. The molecule has 0 radical (unpaired) electrons. The zero-order valence-corrected chi connectivity index (χ0v) is 11.5. The third-order valence-electron chi connectivity index (χ3n) is 3.88. The number of nitrogens with one attached hydrogen (secondary N) is 1. The number of carbonyl (C=O) groups is 1. The fraction of sp³-hybridized carbons (Fsp3) is 0.533. The SMILES string of the molecule is CCc1ccc(N(C)C(=O)C2(C)CCCN2)cc1. The van der Waals surface area contributed by atoms with Crippen molar-refractivity contribution in [2.75, 3.05) is 18.5 Å². The number of hydrogen-bond donors (Lipinski definition) is 1. The fourth-order valence-electron chi connectivity index (χ4n) is 2.52. The number of aryl methyl sites for hydroxylation is 1. The standard InChI is InChI=1S/C15H22N2O/c1-4-12-6-8-13(9-7-12)17(3)14(18)15(2)10-5-11-16-15/h6-9,16H,4-5,10-11H2,1-3H3. The average molecular weight is 246 g/mol. The molecule has 1 amide bonds. The molecule has 0 aliphatic carbocycles. The smallest absolute Gasteiger partial charge is 0.246 e. The van der Waals surface area contributed by atoms with Crippen LogP contribution in [-0.2, 0) is 11.2 Å². The van der Waals surface area contributed by atoms with Gasteiger partial charge in [-0.05, 0) is 50.4 Å². The van der Waals surface area contributed by atoms with Crippen LogP contribution in [0.25, 0.3) is 0 Å². The van der Waals surface area contributed by atoms with E-state index >= 15 is 0 Å². The Bertz CT molecular complexity index is 419. The Morgan fingerprint density at radius 3 is 2.56 bits per heavy atom. The first-order valence-electron chi connectivity index (χ1n) is 6.69. The molecule has 18 heavy (non-hydrogen) atoms. The van der Waals surface area contributed by atoms with E-state index in [1.807, 2.05) is 26.1 Å². The molecule has 1 aliphatic heterocycles. The molecule has 1 unspecified atom stereocenters.